The highest BCUT2D eigenvalue weighted by Crippen LogP contribution is 2.47. The molecule has 3 aliphatic rings. The average Bonchev–Trinajstić information content (AvgIpc) is 3.31. The van der Waals surface area contributed by atoms with Crippen molar-refractivity contribution in [1.82, 2.24) is 30.3 Å². The van der Waals surface area contributed by atoms with Crippen molar-refractivity contribution in [1.29, 1.82) is 5.26 Å². The monoisotopic (exact) mass is 496 g/mol. The zero-order valence-electron chi connectivity index (χ0n) is 21.0. The number of hydrogen-bond donors (Lipinski definition) is 1. The number of nitrogens with one attached hydrogen (secondary N) is 1. The molecule has 1 N–H and O–H groups in total. The lowest BCUT2D eigenvalue weighted by molar-refractivity contribution is -0.118. The highest BCUT2D eigenvalue weighted by Gasteiger charge is 2.52. The van der Waals surface area contributed by atoms with Gasteiger partial charge in [-0.25, -0.2) is 9.67 Å². The minimum atomic E-state index is -0.268. The summed E-state index contributed by atoms with van der Waals surface area (Å²) >= 11 is 0. The Bertz CT molecular complexity index is 1450. The van der Waals surface area contributed by atoms with Crippen LogP contribution >= 0.6 is 0 Å². The molecule has 0 unspecified atom stereocenters. The highest BCUT2D eigenvalue weighted by atomic mass is 16.2. The fourth-order valence-electron chi connectivity index (χ4n) is 5.53. The van der Waals surface area contributed by atoms with E-state index in [1.165, 1.54) is 0 Å². The first-order valence-electron chi connectivity index (χ1n) is 12.7. The van der Waals surface area contributed by atoms with E-state index in [-0.39, 0.29) is 41.4 Å². The summed E-state index contributed by atoms with van der Waals surface area (Å²) in [5, 5.41) is 20.7. The molecule has 3 atom stereocenters. The second kappa shape index (κ2) is 8.76. The summed E-state index contributed by atoms with van der Waals surface area (Å²) in [4.78, 5) is 36.1. The van der Waals surface area contributed by atoms with Gasteiger partial charge in [-0.1, -0.05) is 5.21 Å². The van der Waals surface area contributed by atoms with E-state index in [9.17, 15) is 14.9 Å². The number of aromatic nitrogens is 5. The quantitative estimate of drug-likeness (QED) is 0.555. The molecule has 3 aromatic heterocycles. The maximum Gasteiger partial charge on any atom is 0.273 e. The van der Waals surface area contributed by atoms with Gasteiger partial charge in [-0.15, -0.1) is 5.10 Å². The Morgan fingerprint density at radius 1 is 1.24 bits per heavy atom. The van der Waals surface area contributed by atoms with Gasteiger partial charge in [0.2, 0.25) is 5.91 Å². The molecule has 1 saturated heterocycles. The van der Waals surface area contributed by atoms with Gasteiger partial charge in [0.05, 0.1) is 23.5 Å². The molecule has 0 bridgehead atoms. The third kappa shape index (κ3) is 4.14. The lowest BCUT2D eigenvalue weighted by atomic mass is 9.76. The lowest BCUT2D eigenvalue weighted by Gasteiger charge is -2.35. The second-order valence-corrected chi connectivity index (χ2v) is 10.5. The second-order valence-electron chi connectivity index (χ2n) is 10.5. The third-order valence-electron chi connectivity index (χ3n) is 7.97. The number of nitriles is 1. The molecule has 2 aliphatic carbocycles. The first-order chi connectivity index (χ1) is 17.8. The minimum absolute atomic E-state index is 0.00671. The standard InChI is InChI=1S/C27H28N8O2/c1-14-6-24(34-12-19-9-21(19)27(34)37)29-11-22(14)16(3)35-13-23(32-33-35)26(36)31-20-7-18(8-20)25-17(10-28)5-4-15(2)30-25/h4-6,11,13,16,18-21H,7-9,12H2,1-3H3,(H,31,36)/t16-,18?,19-,20?,21-/m1/s1. The SMILES string of the molecule is Cc1ccc(C#N)c(C2CC(NC(=O)c3cn([C@H](C)c4cnc(N5C[C@H]6C[C@H]6C5=O)cc4C)nn3)C2)n1. The van der Waals surface area contributed by atoms with Crippen LogP contribution < -0.4 is 10.2 Å². The maximum atomic E-state index is 12.8. The molecule has 4 heterocycles. The number of hydrogen-bond acceptors (Lipinski definition) is 7. The Kier molecular flexibility index (Phi) is 5.51. The van der Waals surface area contributed by atoms with Crippen molar-refractivity contribution < 1.29 is 9.59 Å². The Labute approximate surface area is 214 Å². The smallest absolute Gasteiger partial charge is 0.273 e. The van der Waals surface area contributed by atoms with Crippen LogP contribution in [0.4, 0.5) is 5.82 Å². The van der Waals surface area contributed by atoms with Crippen molar-refractivity contribution in [3.05, 3.63) is 64.4 Å². The number of rotatable bonds is 6. The van der Waals surface area contributed by atoms with E-state index >= 15 is 0 Å². The van der Waals surface area contributed by atoms with Crippen LogP contribution in [0.1, 0.15) is 76.7 Å². The molecule has 1 aliphatic heterocycles. The molecular weight excluding hydrogens is 468 g/mol. The number of fused-ring (bicyclic) bond motifs is 1. The number of carbonyl (C=O) groups excluding carboxylic acids is 2. The van der Waals surface area contributed by atoms with Crippen molar-refractivity contribution >= 4 is 17.6 Å². The number of nitrogens with zero attached hydrogens (tertiary/aromatic N) is 7. The zero-order valence-corrected chi connectivity index (χ0v) is 21.0. The lowest BCUT2D eigenvalue weighted by Crippen LogP contribution is -2.43. The molecule has 6 rings (SSSR count). The van der Waals surface area contributed by atoms with Crippen LogP contribution in [0.2, 0.25) is 0 Å². The summed E-state index contributed by atoms with van der Waals surface area (Å²) in [6, 6.07) is 7.64. The van der Waals surface area contributed by atoms with Crippen molar-refractivity contribution in [2.24, 2.45) is 11.8 Å². The molecular formula is C27H28N8O2. The van der Waals surface area contributed by atoms with Crippen LogP contribution in [-0.4, -0.2) is 49.4 Å². The van der Waals surface area contributed by atoms with E-state index in [1.54, 1.807) is 22.0 Å². The van der Waals surface area contributed by atoms with Gasteiger partial charge < -0.3 is 5.32 Å². The third-order valence-corrected chi connectivity index (χ3v) is 7.97. The van der Waals surface area contributed by atoms with Gasteiger partial charge in [-0.3, -0.25) is 19.5 Å². The van der Waals surface area contributed by atoms with Gasteiger partial charge in [0, 0.05) is 36.3 Å². The summed E-state index contributed by atoms with van der Waals surface area (Å²) in [5.41, 5.74) is 4.51. The largest absolute Gasteiger partial charge is 0.348 e. The highest BCUT2D eigenvalue weighted by molar-refractivity contribution is 5.99. The van der Waals surface area contributed by atoms with Crippen LogP contribution in [0.5, 0.6) is 0 Å². The topological polar surface area (TPSA) is 130 Å². The van der Waals surface area contributed by atoms with E-state index in [2.05, 4.69) is 31.7 Å². The number of carbonyl (C=O) groups is 2. The van der Waals surface area contributed by atoms with E-state index in [0.29, 0.717) is 17.3 Å². The normalized spacial score (nSPS) is 24.7. The van der Waals surface area contributed by atoms with Gasteiger partial charge >= 0.3 is 0 Å². The van der Waals surface area contributed by atoms with Crippen molar-refractivity contribution in [3.63, 3.8) is 0 Å². The maximum absolute atomic E-state index is 12.8. The first kappa shape index (κ1) is 23.3. The first-order valence-corrected chi connectivity index (χ1v) is 12.7. The molecule has 188 valence electrons. The van der Waals surface area contributed by atoms with Gasteiger partial charge in [0.25, 0.3) is 5.91 Å². The predicted octanol–water partition coefficient (Wildman–Crippen LogP) is 2.82. The van der Waals surface area contributed by atoms with Crippen LogP contribution in [0.25, 0.3) is 0 Å². The summed E-state index contributed by atoms with van der Waals surface area (Å²) in [6.45, 7) is 6.65. The molecule has 0 spiro atoms. The van der Waals surface area contributed by atoms with E-state index < -0.39 is 0 Å². The number of anilines is 1. The van der Waals surface area contributed by atoms with Crippen LogP contribution in [0.3, 0.4) is 0 Å². The average molecular weight is 497 g/mol. The van der Waals surface area contributed by atoms with Gasteiger partial charge in [0.15, 0.2) is 5.69 Å². The summed E-state index contributed by atoms with van der Waals surface area (Å²) < 4.78 is 1.66. The molecule has 0 radical (unpaired) electrons. The predicted molar refractivity (Wildman–Crippen MR) is 134 cm³/mol. The summed E-state index contributed by atoms with van der Waals surface area (Å²) in [5.74, 6) is 1.47. The molecule has 3 fully saturated rings. The van der Waals surface area contributed by atoms with Gasteiger partial charge in [0.1, 0.15) is 11.9 Å². The van der Waals surface area contributed by atoms with E-state index in [0.717, 1.165) is 48.3 Å². The van der Waals surface area contributed by atoms with Crippen LogP contribution in [0.15, 0.2) is 30.6 Å². The molecule has 2 saturated carbocycles. The van der Waals surface area contributed by atoms with E-state index in [4.69, 9.17) is 0 Å². The summed E-state index contributed by atoms with van der Waals surface area (Å²) in [6.07, 6.45) is 5.92. The summed E-state index contributed by atoms with van der Waals surface area (Å²) in [7, 11) is 0. The zero-order chi connectivity index (χ0) is 25.8. The Hall–Kier alpha value is -4.13. The number of piperidine rings is 1. The number of amides is 2. The van der Waals surface area contributed by atoms with Gasteiger partial charge in [-0.2, -0.15) is 5.26 Å². The molecule has 0 aromatic carbocycles. The Morgan fingerprint density at radius 2 is 2.05 bits per heavy atom. The van der Waals surface area contributed by atoms with Crippen LogP contribution in [-0.2, 0) is 4.79 Å². The molecule has 2 amide bonds. The van der Waals surface area contributed by atoms with Crippen molar-refractivity contribution in [2.45, 2.75) is 58.0 Å². The number of pyridine rings is 2. The van der Waals surface area contributed by atoms with Crippen molar-refractivity contribution in [3.8, 4) is 6.07 Å². The molecule has 10 nitrogen and oxygen atoms in total. The van der Waals surface area contributed by atoms with E-state index in [1.807, 2.05) is 39.0 Å². The number of aryl methyl sites for hydroxylation is 2. The Balaban J connectivity index is 1.08. The fraction of sp³-hybridized carbons (Fsp3) is 0.444. The van der Waals surface area contributed by atoms with Crippen LogP contribution in [0, 0.1) is 37.0 Å². The minimum Gasteiger partial charge on any atom is -0.348 e. The van der Waals surface area contributed by atoms with Crippen molar-refractivity contribution in [2.75, 3.05) is 11.4 Å². The molecule has 37 heavy (non-hydrogen) atoms. The van der Waals surface area contributed by atoms with Gasteiger partial charge in [-0.05, 0) is 75.3 Å². The fourth-order valence-corrected chi connectivity index (χ4v) is 5.53. The molecule has 10 heteroatoms. The Morgan fingerprint density at radius 3 is 2.76 bits per heavy atom. The molecule has 3 aromatic rings.